The zero-order chi connectivity index (χ0) is 16.5. The number of amides is 1. The Balaban J connectivity index is 1.48. The lowest BCUT2D eigenvalue weighted by Gasteiger charge is -2.06. The Bertz CT molecular complexity index is 899. The van der Waals surface area contributed by atoms with E-state index in [0.717, 1.165) is 29.8 Å². The predicted molar refractivity (Wildman–Crippen MR) is 95.4 cm³/mol. The van der Waals surface area contributed by atoms with Crippen molar-refractivity contribution < 1.29 is 9.21 Å². The Morgan fingerprint density at radius 1 is 1.29 bits per heavy atom. The van der Waals surface area contributed by atoms with Gasteiger partial charge in [-0.05, 0) is 55.0 Å². The largest absolute Gasteiger partial charge is 0.440 e. The van der Waals surface area contributed by atoms with Crippen LogP contribution in [0.4, 0.5) is 0 Å². The molecule has 1 heterocycles. The Kier molecular flexibility index (Phi) is 4.02. The third-order valence-corrected chi connectivity index (χ3v) is 4.91. The molecule has 5 heteroatoms. The van der Waals surface area contributed by atoms with Gasteiger partial charge >= 0.3 is 0 Å². The van der Waals surface area contributed by atoms with Gasteiger partial charge in [0.1, 0.15) is 5.52 Å². The van der Waals surface area contributed by atoms with Gasteiger partial charge in [-0.2, -0.15) is 0 Å². The van der Waals surface area contributed by atoms with Crippen LogP contribution < -0.4 is 5.32 Å². The predicted octanol–water partition coefficient (Wildman–Crippen LogP) is 4.36. The molecule has 122 valence electrons. The maximum Gasteiger partial charge on any atom is 0.251 e. The molecule has 0 bridgehead atoms. The van der Waals surface area contributed by atoms with Gasteiger partial charge in [0.15, 0.2) is 11.5 Å². The van der Waals surface area contributed by atoms with Crippen molar-refractivity contribution in [2.75, 3.05) is 6.26 Å². The van der Waals surface area contributed by atoms with Gasteiger partial charge in [-0.15, -0.1) is 11.8 Å². The number of carbonyl (C=O) groups is 1. The standard InChI is InChI=1S/C19H18N2O2S/c1-24-15-4-2-3-12(9-15)11-20-18(22)14-7-8-16-17(10-14)23-19(21-16)13-5-6-13/h2-4,7-10,13H,5-6,11H2,1H3,(H,20,22). The molecular formula is C19H18N2O2S. The number of hydrogen-bond donors (Lipinski definition) is 1. The highest BCUT2D eigenvalue weighted by atomic mass is 32.2. The van der Waals surface area contributed by atoms with Gasteiger partial charge in [-0.1, -0.05) is 12.1 Å². The monoisotopic (exact) mass is 338 g/mol. The molecule has 1 fully saturated rings. The van der Waals surface area contributed by atoms with E-state index in [4.69, 9.17) is 4.42 Å². The lowest BCUT2D eigenvalue weighted by molar-refractivity contribution is 0.0951. The first-order chi connectivity index (χ1) is 11.7. The van der Waals surface area contributed by atoms with E-state index in [9.17, 15) is 4.79 Å². The molecule has 0 saturated heterocycles. The zero-order valence-corrected chi connectivity index (χ0v) is 14.2. The van der Waals surface area contributed by atoms with Gasteiger partial charge in [0.05, 0.1) is 0 Å². The molecule has 3 aromatic rings. The van der Waals surface area contributed by atoms with Gasteiger partial charge in [-0.25, -0.2) is 4.98 Å². The van der Waals surface area contributed by atoms with Crippen LogP contribution in [0, 0.1) is 0 Å². The Labute approximate surface area is 144 Å². The van der Waals surface area contributed by atoms with Crippen molar-refractivity contribution in [3.8, 4) is 0 Å². The molecule has 2 aromatic carbocycles. The number of fused-ring (bicyclic) bond motifs is 1. The highest BCUT2D eigenvalue weighted by Crippen LogP contribution is 2.40. The summed E-state index contributed by atoms with van der Waals surface area (Å²) in [5, 5.41) is 2.96. The van der Waals surface area contributed by atoms with Gasteiger partial charge in [0.2, 0.25) is 0 Å². The molecule has 0 atom stereocenters. The molecule has 1 aliphatic carbocycles. The molecular weight excluding hydrogens is 320 g/mol. The summed E-state index contributed by atoms with van der Waals surface area (Å²) < 4.78 is 5.78. The van der Waals surface area contributed by atoms with Gasteiger partial charge in [0, 0.05) is 22.9 Å². The van der Waals surface area contributed by atoms with Gasteiger partial charge < -0.3 is 9.73 Å². The molecule has 1 aliphatic rings. The van der Waals surface area contributed by atoms with E-state index < -0.39 is 0 Å². The second-order valence-corrected chi connectivity index (χ2v) is 6.92. The summed E-state index contributed by atoms with van der Waals surface area (Å²) in [4.78, 5) is 18.1. The number of hydrogen-bond acceptors (Lipinski definition) is 4. The van der Waals surface area contributed by atoms with E-state index in [1.165, 1.54) is 4.90 Å². The van der Waals surface area contributed by atoms with Crippen molar-refractivity contribution in [3.05, 3.63) is 59.5 Å². The topological polar surface area (TPSA) is 55.1 Å². The number of carbonyl (C=O) groups excluding carboxylic acids is 1. The Hall–Kier alpha value is -2.27. The lowest BCUT2D eigenvalue weighted by Crippen LogP contribution is -2.22. The van der Waals surface area contributed by atoms with E-state index in [-0.39, 0.29) is 5.91 Å². The number of nitrogens with one attached hydrogen (secondary N) is 1. The third kappa shape index (κ3) is 3.17. The van der Waals surface area contributed by atoms with Crippen LogP contribution in [0.1, 0.15) is 40.6 Å². The zero-order valence-electron chi connectivity index (χ0n) is 13.4. The molecule has 4 rings (SSSR count). The maximum atomic E-state index is 12.4. The summed E-state index contributed by atoms with van der Waals surface area (Å²) in [7, 11) is 0. The van der Waals surface area contributed by atoms with E-state index in [1.54, 1.807) is 23.9 Å². The third-order valence-electron chi connectivity index (χ3n) is 4.18. The van der Waals surface area contributed by atoms with Crippen molar-refractivity contribution in [2.45, 2.75) is 30.2 Å². The van der Waals surface area contributed by atoms with Crippen molar-refractivity contribution >= 4 is 28.8 Å². The van der Waals surface area contributed by atoms with E-state index >= 15 is 0 Å². The molecule has 1 saturated carbocycles. The first-order valence-corrected chi connectivity index (χ1v) is 9.27. The lowest BCUT2D eigenvalue weighted by atomic mass is 10.2. The molecule has 24 heavy (non-hydrogen) atoms. The first-order valence-electron chi connectivity index (χ1n) is 8.04. The smallest absolute Gasteiger partial charge is 0.251 e. The fourth-order valence-corrected chi connectivity index (χ4v) is 3.14. The molecule has 0 unspecified atom stereocenters. The van der Waals surface area contributed by atoms with Crippen molar-refractivity contribution in [1.29, 1.82) is 0 Å². The number of thioether (sulfide) groups is 1. The van der Waals surface area contributed by atoms with Gasteiger partial charge in [0.25, 0.3) is 5.91 Å². The van der Waals surface area contributed by atoms with Crippen LogP contribution in [0.25, 0.3) is 11.1 Å². The summed E-state index contributed by atoms with van der Waals surface area (Å²) in [5.74, 6) is 1.17. The van der Waals surface area contributed by atoms with E-state index in [1.807, 2.05) is 24.5 Å². The number of nitrogens with zero attached hydrogens (tertiary/aromatic N) is 1. The van der Waals surface area contributed by atoms with Crippen molar-refractivity contribution in [2.24, 2.45) is 0 Å². The van der Waals surface area contributed by atoms with E-state index in [0.29, 0.717) is 23.6 Å². The summed E-state index contributed by atoms with van der Waals surface area (Å²) in [6.07, 6.45) is 4.34. The van der Waals surface area contributed by atoms with Crippen LogP contribution in [-0.2, 0) is 6.54 Å². The van der Waals surface area contributed by atoms with Crippen LogP contribution in [0.15, 0.2) is 51.8 Å². The number of rotatable bonds is 5. The van der Waals surface area contributed by atoms with Crippen LogP contribution in [0.3, 0.4) is 0 Å². The minimum absolute atomic E-state index is 0.101. The molecule has 1 amide bonds. The summed E-state index contributed by atoms with van der Waals surface area (Å²) in [6, 6.07) is 13.6. The summed E-state index contributed by atoms with van der Waals surface area (Å²) in [5.41, 5.74) is 3.20. The molecule has 4 nitrogen and oxygen atoms in total. The fourth-order valence-electron chi connectivity index (χ4n) is 2.66. The van der Waals surface area contributed by atoms with Crippen LogP contribution in [0.5, 0.6) is 0 Å². The number of oxazole rings is 1. The minimum Gasteiger partial charge on any atom is -0.440 e. The molecule has 1 aromatic heterocycles. The summed E-state index contributed by atoms with van der Waals surface area (Å²) in [6.45, 7) is 0.509. The Morgan fingerprint density at radius 3 is 2.96 bits per heavy atom. The number of benzene rings is 2. The van der Waals surface area contributed by atoms with Crippen LogP contribution in [-0.4, -0.2) is 17.1 Å². The quantitative estimate of drug-likeness (QED) is 0.702. The second-order valence-electron chi connectivity index (χ2n) is 6.04. The van der Waals surface area contributed by atoms with Crippen LogP contribution in [0.2, 0.25) is 0 Å². The molecule has 0 aliphatic heterocycles. The van der Waals surface area contributed by atoms with Crippen LogP contribution >= 0.6 is 11.8 Å². The fraction of sp³-hybridized carbons (Fsp3) is 0.263. The minimum atomic E-state index is -0.101. The Morgan fingerprint density at radius 2 is 2.17 bits per heavy atom. The van der Waals surface area contributed by atoms with Crippen molar-refractivity contribution in [3.63, 3.8) is 0 Å². The second kappa shape index (κ2) is 6.32. The SMILES string of the molecule is CSc1cccc(CNC(=O)c2ccc3nc(C4CC4)oc3c2)c1. The molecule has 1 N–H and O–H groups in total. The summed E-state index contributed by atoms with van der Waals surface area (Å²) >= 11 is 1.69. The first kappa shape index (κ1) is 15.3. The maximum absolute atomic E-state index is 12.4. The average molecular weight is 338 g/mol. The normalized spacial score (nSPS) is 14.0. The molecule has 0 radical (unpaired) electrons. The van der Waals surface area contributed by atoms with E-state index in [2.05, 4.69) is 22.4 Å². The van der Waals surface area contributed by atoms with Crippen molar-refractivity contribution in [1.82, 2.24) is 10.3 Å². The highest BCUT2D eigenvalue weighted by Gasteiger charge is 2.29. The highest BCUT2D eigenvalue weighted by molar-refractivity contribution is 7.98. The number of aromatic nitrogens is 1. The molecule has 0 spiro atoms. The van der Waals surface area contributed by atoms with Gasteiger partial charge in [-0.3, -0.25) is 4.79 Å². The average Bonchev–Trinajstić information content (AvgIpc) is 3.38.